The second-order valence-corrected chi connectivity index (χ2v) is 4.91. The second kappa shape index (κ2) is 5.94. The molecule has 0 saturated heterocycles. The minimum absolute atomic E-state index is 0.0574. The molecule has 0 spiro atoms. The first-order valence-corrected chi connectivity index (χ1v) is 6.98. The van der Waals surface area contributed by atoms with Crippen molar-refractivity contribution in [2.75, 3.05) is 14.2 Å². The van der Waals surface area contributed by atoms with E-state index in [1.165, 1.54) is 16.3 Å². The van der Waals surface area contributed by atoms with E-state index in [4.69, 9.17) is 4.74 Å². The number of nitrogens with one attached hydrogen (secondary N) is 1. The van der Waals surface area contributed by atoms with Crippen LogP contribution in [0.15, 0.2) is 60.8 Å². The maximum Gasteiger partial charge on any atom is 0.118 e. The van der Waals surface area contributed by atoms with Crippen molar-refractivity contribution in [3.05, 3.63) is 72.1 Å². The number of aromatic nitrogens is 1. The van der Waals surface area contributed by atoms with E-state index < -0.39 is 0 Å². The second-order valence-electron chi connectivity index (χ2n) is 4.91. The largest absolute Gasteiger partial charge is 0.497 e. The van der Waals surface area contributed by atoms with Crippen molar-refractivity contribution in [1.29, 1.82) is 0 Å². The van der Waals surface area contributed by atoms with Gasteiger partial charge >= 0.3 is 0 Å². The lowest BCUT2D eigenvalue weighted by Crippen LogP contribution is -2.19. The van der Waals surface area contributed by atoms with Crippen molar-refractivity contribution in [3.63, 3.8) is 0 Å². The fourth-order valence-corrected chi connectivity index (χ4v) is 2.63. The van der Waals surface area contributed by atoms with Crippen LogP contribution in [0.25, 0.3) is 10.8 Å². The van der Waals surface area contributed by atoms with Crippen LogP contribution in [0.2, 0.25) is 0 Å². The van der Waals surface area contributed by atoms with Crippen LogP contribution in [0.1, 0.15) is 17.3 Å². The van der Waals surface area contributed by atoms with Crippen LogP contribution >= 0.6 is 0 Å². The molecule has 0 amide bonds. The summed E-state index contributed by atoms with van der Waals surface area (Å²) in [6, 6.07) is 18.5. The highest BCUT2D eigenvalue weighted by molar-refractivity contribution is 5.85. The molecule has 3 aromatic rings. The molecule has 1 unspecified atom stereocenters. The molecule has 0 aliphatic carbocycles. The van der Waals surface area contributed by atoms with E-state index >= 15 is 0 Å². The molecule has 106 valence electrons. The first kappa shape index (κ1) is 13.6. The van der Waals surface area contributed by atoms with Gasteiger partial charge in [-0.3, -0.25) is 4.98 Å². The summed E-state index contributed by atoms with van der Waals surface area (Å²) in [4.78, 5) is 4.60. The van der Waals surface area contributed by atoms with Gasteiger partial charge in [0, 0.05) is 11.6 Å². The average Bonchev–Trinajstić information content (AvgIpc) is 2.56. The Morgan fingerprint density at radius 2 is 1.76 bits per heavy atom. The quantitative estimate of drug-likeness (QED) is 0.792. The molecule has 3 rings (SSSR count). The number of benzene rings is 2. The van der Waals surface area contributed by atoms with Crippen molar-refractivity contribution in [1.82, 2.24) is 10.3 Å². The van der Waals surface area contributed by atoms with Gasteiger partial charge in [-0.1, -0.05) is 36.4 Å². The Hall–Kier alpha value is -2.39. The summed E-state index contributed by atoms with van der Waals surface area (Å²) in [5, 5.41) is 5.74. The summed E-state index contributed by atoms with van der Waals surface area (Å²) in [5.41, 5.74) is 2.21. The molecule has 1 N–H and O–H groups in total. The molecule has 0 aliphatic rings. The number of ether oxygens (including phenoxy) is 1. The Morgan fingerprint density at radius 1 is 1.00 bits per heavy atom. The van der Waals surface area contributed by atoms with Crippen LogP contribution in [0.3, 0.4) is 0 Å². The lowest BCUT2D eigenvalue weighted by Gasteiger charge is -2.18. The van der Waals surface area contributed by atoms with Gasteiger partial charge in [0.15, 0.2) is 0 Å². The Balaban J connectivity index is 2.09. The Bertz CT molecular complexity index is 732. The summed E-state index contributed by atoms with van der Waals surface area (Å²) < 4.78 is 5.22. The molecule has 0 saturated carbocycles. The van der Waals surface area contributed by atoms with Gasteiger partial charge in [-0.15, -0.1) is 0 Å². The van der Waals surface area contributed by atoms with E-state index in [0.717, 1.165) is 11.4 Å². The molecule has 0 radical (unpaired) electrons. The zero-order chi connectivity index (χ0) is 14.7. The molecule has 1 aromatic heterocycles. The number of hydrogen-bond acceptors (Lipinski definition) is 3. The summed E-state index contributed by atoms with van der Waals surface area (Å²) in [6.07, 6.45) is 1.87. The fraction of sp³-hybridized carbons (Fsp3) is 0.167. The van der Waals surface area contributed by atoms with Crippen LogP contribution in [-0.4, -0.2) is 19.1 Å². The summed E-state index contributed by atoms with van der Waals surface area (Å²) in [7, 11) is 3.63. The summed E-state index contributed by atoms with van der Waals surface area (Å²) in [6.45, 7) is 0. The fourth-order valence-electron chi connectivity index (χ4n) is 2.63. The SMILES string of the molecule is CNC(c1ccc(OC)cc1)c1nccc2ccccc12. The van der Waals surface area contributed by atoms with Gasteiger partial charge in [0.25, 0.3) is 0 Å². The standard InChI is InChI=1S/C18H18N2O/c1-19-17(14-7-9-15(21-2)10-8-14)18-16-6-4-3-5-13(16)11-12-20-18/h3-12,17,19H,1-2H3. The normalized spacial score (nSPS) is 12.3. The lowest BCUT2D eigenvalue weighted by atomic mass is 9.98. The third kappa shape index (κ3) is 2.60. The predicted molar refractivity (Wildman–Crippen MR) is 85.6 cm³/mol. The molecule has 1 atom stereocenters. The van der Waals surface area contributed by atoms with Crippen molar-refractivity contribution >= 4 is 10.8 Å². The molecule has 0 bridgehead atoms. The van der Waals surface area contributed by atoms with E-state index in [-0.39, 0.29) is 6.04 Å². The first-order chi connectivity index (χ1) is 10.3. The van der Waals surface area contributed by atoms with E-state index in [1.807, 2.05) is 43.6 Å². The van der Waals surface area contributed by atoms with Crippen LogP contribution in [-0.2, 0) is 0 Å². The molecule has 0 aliphatic heterocycles. The van der Waals surface area contributed by atoms with Gasteiger partial charge in [0.2, 0.25) is 0 Å². The van der Waals surface area contributed by atoms with Crippen molar-refractivity contribution in [2.45, 2.75) is 6.04 Å². The van der Waals surface area contributed by atoms with Crippen LogP contribution in [0, 0.1) is 0 Å². The van der Waals surface area contributed by atoms with Crippen molar-refractivity contribution in [2.24, 2.45) is 0 Å². The van der Waals surface area contributed by atoms with Gasteiger partial charge in [0.05, 0.1) is 18.8 Å². The zero-order valence-electron chi connectivity index (χ0n) is 12.2. The first-order valence-electron chi connectivity index (χ1n) is 6.98. The molecule has 0 fully saturated rings. The van der Waals surface area contributed by atoms with E-state index in [2.05, 4.69) is 34.6 Å². The molecule has 3 heteroatoms. The van der Waals surface area contributed by atoms with Gasteiger partial charge in [-0.25, -0.2) is 0 Å². The average molecular weight is 278 g/mol. The van der Waals surface area contributed by atoms with E-state index in [0.29, 0.717) is 0 Å². The molecule has 2 aromatic carbocycles. The predicted octanol–water partition coefficient (Wildman–Crippen LogP) is 3.55. The van der Waals surface area contributed by atoms with E-state index in [9.17, 15) is 0 Å². The van der Waals surface area contributed by atoms with Crippen LogP contribution in [0.5, 0.6) is 5.75 Å². The third-order valence-corrected chi connectivity index (χ3v) is 3.72. The van der Waals surface area contributed by atoms with Gasteiger partial charge in [-0.2, -0.15) is 0 Å². The molecule has 1 heterocycles. The summed E-state index contributed by atoms with van der Waals surface area (Å²) in [5.74, 6) is 0.861. The minimum atomic E-state index is 0.0574. The maximum absolute atomic E-state index is 5.22. The molecular weight excluding hydrogens is 260 g/mol. The van der Waals surface area contributed by atoms with Crippen molar-refractivity contribution in [3.8, 4) is 5.75 Å². The molecular formula is C18H18N2O. The van der Waals surface area contributed by atoms with E-state index in [1.54, 1.807) is 7.11 Å². The highest BCUT2D eigenvalue weighted by Gasteiger charge is 2.16. The Labute approximate surface area is 124 Å². The van der Waals surface area contributed by atoms with Gasteiger partial charge in [0.1, 0.15) is 5.75 Å². The monoisotopic (exact) mass is 278 g/mol. The van der Waals surface area contributed by atoms with Crippen LogP contribution < -0.4 is 10.1 Å². The molecule has 21 heavy (non-hydrogen) atoms. The highest BCUT2D eigenvalue weighted by Crippen LogP contribution is 2.27. The maximum atomic E-state index is 5.22. The zero-order valence-corrected chi connectivity index (χ0v) is 12.2. The smallest absolute Gasteiger partial charge is 0.118 e. The molecule has 3 nitrogen and oxygen atoms in total. The van der Waals surface area contributed by atoms with Crippen LogP contribution in [0.4, 0.5) is 0 Å². The Morgan fingerprint density at radius 3 is 2.48 bits per heavy atom. The van der Waals surface area contributed by atoms with Gasteiger partial charge < -0.3 is 10.1 Å². The topological polar surface area (TPSA) is 34.1 Å². The summed E-state index contributed by atoms with van der Waals surface area (Å²) >= 11 is 0. The highest BCUT2D eigenvalue weighted by atomic mass is 16.5. The van der Waals surface area contributed by atoms with Gasteiger partial charge in [-0.05, 0) is 36.2 Å². The lowest BCUT2D eigenvalue weighted by molar-refractivity contribution is 0.414. The number of methoxy groups -OCH3 is 1. The number of fused-ring (bicyclic) bond motifs is 1. The number of pyridine rings is 1. The third-order valence-electron chi connectivity index (χ3n) is 3.72. The van der Waals surface area contributed by atoms with Crippen molar-refractivity contribution < 1.29 is 4.74 Å². The number of nitrogens with zero attached hydrogens (tertiary/aromatic N) is 1. The number of hydrogen-bond donors (Lipinski definition) is 1. The number of rotatable bonds is 4. The minimum Gasteiger partial charge on any atom is -0.497 e. The Kier molecular flexibility index (Phi) is 3.84.